The first kappa shape index (κ1) is 13.7. The number of nitrogens with zero attached hydrogens (tertiary/aromatic N) is 4. The third kappa shape index (κ3) is 2.99. The Morgan fingerprint density at radius 3 is 2.75 bits per heavy atom. The van der Waals surface area contributed by atoms with Crippen molar-refractivity contribution in [3.8, 4) is 6.07 Å². The van der Waals surface area contributed by atoms with Crippen LogP contribution >= 0.6 is 0 Å². The second kappa shape index (κ2) is 5.95. The minimum absolute atomic E-state index is 0.148. The summed E-state index contributed by atoms with van der Waals surface area (Å²) in [6.07, 6.45) is 1.51. The highest BCUT2D eigenvalue weighted by Crippen LogP contribution is 2.16. The van der Waals surface area contributed by atoms with E-state index < -0.39 is 0 Å². The molecule has 2 rings (SSSR count). The van der Waals surface area contributed by atoms with Gasteiger partial charge < -0.3 is 0 Å². The highest BCUT2D eigenvalue weighted by atomic mass is 16.2. The number of nitriles is 1. The van der Waals surface area contributed by atoms with Crippen LogP contribution in [0.5, 0.6) is 0 Å². The van der Waals surface area contributed by atoms with Crippen LogP contribution in [0, 0.1) is 11.3 Å². The van der Waals surface area contributed by atoms with Crippen molar-refractivity contribution in [2.45, 2.75) is 19.4 Å². The van der Waals surface area contributed by atoms with Crippen molar-refractivity contribution in [1.29, 1.82) is 5.26 Å². The summed E-state index contributed by atoms with van der Waals surface area (Å²) in [5, 5.41) is 12.6. The minimum Gasteiger partial charge on any atom is -0.294 e. The van der Waals surface area contributed by atoms with Gasteiger partial charge in [-0.15, -0.1) is 5.10 Å². The van der Waals surface area contributed by atoms with E-state index in [1.807, 2.05) is 30.3 Å². The molecule has 1 heterocycles. The maximum absolute atomic E-state index is 11.4. The van der Waals surface area contributed by atoms with Crippen molar-refractivity contribution < 1.29 is 4.79 Å². The van der Waals surface area contributed by atoms with E-state index in [4.69, 9.17) is 11.1 Å². The number of benzene rings is 1. The molecule has 0 radical (unpaired) electrons. The lowest BCUT2D eigenvalue weighted by atomic mass is 9.99. The van der Waals surface area contributed by atoms with Gasteiger partial charge in [0.1, 0.15) is 12.4 Å². The van der Waals surface area contributed by atoms with Gasteiger partial charge in [0, 0.05) is 0 Å². The summed E-state index contributed by atoms with van der Waals surface area (Å²) in [7, 11) is 0. The van der Waals surface area contributed by atoms with E-state index in [1.54, 1.807) is 11.6 Å². The van der Waals surface area contributed by atoms with Gasteiger partial charge in [-0.2, -0.15) is 5.26 Å². The van der Waals surface area contributed by atoms with Crippen molar-refractivity contribution in [1.82, 2.24) is 20.2 Å². The van der Waals surface area contributed by atoms with E-state index >= 15 is 0 Å². The number of carbonyl (C=O) groups is 1. The average Bonchev–Trinajstić information content (AvgIpc) is 2.94. The summed E-state index contributed by atoms with van der Waals surface area (Å²) < 4.78 is 1.59. The quantitative estimate of drug-likeness (QED) is 0.471. The number of hydrogen-bond donors (Lipinski definition) is 2. The molecule has 0 spiro atoms. The van der Waals surface area contributed by atoms with Gasteiger partial charge in [0.25, 0.3) is 5.82 Å². The third-order valence-corrected chi connectivity index (χ3v) is 3.00. The summed E-state index contributed by atoms with van der Waals surface area (Å²) >= 11 is 0. The van der Waals surface area contributed by atoms with Crippen LogP contribution in [-0.2, 0) is 11.3 Å². The molecule has 0 saturated carbocycles. The molecule has 0 aliphatic carbocycles. The van der Waals surface area contributed by atoms with E-state index in [1.165, 1.54) is 6.33 Å². The van der Waals surface area contributed by atoms with E-state index in [2.05, 4.69) is 15.5 Å². The van der Waals surface area contributed by atoms with Gasteiger partial charge in [-0.05, 0) is 18.1 Å². The van der Waals surface area contributed by atoms with Crippen molar-refractivity contribution >= 4 is 5.91 Å². The number of carbonyl (C=O) groups excluding carboxylic acids is 1. The summed E-state index contributed by atoms with van der Waals surface area (Å²) in [5.41, 5.74) is 4.02. The van der Waals surface area contributed by atoms with Gasteiger partial charge in [-0.3, -0.25) is 10.2 Å². The van der Waals surface area contributed by atoms with Gasteiger partial charge >= 0.3 is 0 Å². The lowest BCUT2D eigenvalue weighted by molar-refractivity contribution is -0.122. The topological polar surface area (TPSA) is 110 Å². The number of hydrogen-bond acceptors (Lipinski definition) is 5. The van der Waals surface area contributed by atoms with Crippen LogP contribution < -0.4 is 11.3 Å². The van der Waals surface area contributed by atoms with Crippen LogP contribution in [0.1, 0.15) is 29.8 Å². The monoisotopic (exact) mass is 270 g/mol. The summed E-state index contributed by atoms with van der Waals surface area (Å²) in [4.78, 5) is 15.3. The second-order valence-corrected chi connectivity index (χ2v) is 4.35. The van der Waals surface area contributed by atoms with Crippen LogP contribution in [0.4, 0.5) is 0 Å². The number of aromatic nitrogens is 3. The minimum atomic E-state index is -0.300. The predicted octanol–water partition coefficient (Wildman–Crippen LogP) is 0.291. The van der Waals surface area contributed by atoms with Crippen molar-refractivity contribution in [3.05, 3.63) is 47.5 Å². The van der Waals surface area contributed by atoms with Crippen LogP contribution in [0.25, 0.3) is 0 Å². The third-order valence-electron chi connectivity index (χ3n) is 3.00. The predicted molar refractivity (Wildman–Crippen MR) is 71.0 cm³/mol. The van der Waals surface area contributed by atoms with Gasteiger partial charge in [0.15, 0.2) is 0 Å². The number of amides is 1. The zero-order valence-corrected chi connectivity index (χ0v) is 10.9. The number of nitrogens with one attached hydrogen (secondary N) is 1. The molecule has 7 nitrogen and oxygen atoms in total. The van der Waals surface area contributed by atoms with E-state index in [-0.39, 0.29) is 17.6 Å². The molecule has 1 aromatic heterocycles. The van der Waals surface area contributed by atoms with Gasteiger partial charge in [-0.1, -0.05) is 24.3 Å². The van der Waals surface area contributed by atoms with Gasteiger partial charge in [0.2, 0.25) is 5.91 Å². The Kier molecular flexibility index (Phi) is 4.08. The van der Waals surface area contributed by atoms with Crippen LogP contribution in [0.15, 0.2) is 30.6 Å². The number of rotatable bonds is 4. The molecule has 1 unspecified atom stereocenters. The fraction of sp³-hybridized carbons (Fsp3) is 0.231. The summed E-state index contributed by atoms with van der Waals surface area (Å²) in [6, 6.07) is 9.43. The highest BCUT2D eigenvalue weighted by molar-refractivity contribution is 5.82. The number of nitrogens with two attached hydrogens (primary N) is 1. The lowest BCUT2D eigenvalue weighted by Crippen LogP contribution is -2.33. The molecule has 7 heteroatoms. The molecule has 0 bridgehead atoms. The fourth-order valence-corrected chi connectivity index (χ4v) is 1.80. The van der Waals surface area contributed by atoms with Crippen molar-refractivity contribution in [2.24, 2.45) is 5.84 Å². The first-order valence-corrected chi connectivity index (χ1v) is 6.03. The molecule has 20 heavy (non-hydrogen) atoms. The molecular formula is C13H14N6O. The maximum atomic E-state index is 11.4. The molecule has 0 saturated heterocycles. The summed E-state index contributed by atoms with van der Waals surface area (Å²) in [5.74, 6) is 4.73. The molecule has 0 aliphatic rings. The Bertz CT molecular complexity index is 640. The summed E-state index contributed by atoms with van der Waals surface area (Å²) in [6.45, 7) is 2.31. The first-order chi connectivity index (χ1) is 9.63. The smallest absolute Gasteiger partial charge is 0.252 e. The molecular weight excluding hydrogens is 256 g/mol. The molecule has 1 atom stereocenters. The van der Waals surface area contributed by atoms with Crippen molar-refractivity contribution in [2.75, 3.05) is 0 Å². The van der Waals surface area contributed by atoms with Gasteiger partial charge in [0.05, 0.1) is 12.5 Å². The fourth-order valence-electron chi connectivity index (χ4n) is 1.80. The largest absolute Gasteiger partial charge is 0.294 e. The Hall–Kier alpha value is -2.72. The van der Waals surface area contributed by atoms with Crippen molar-refractivity contribution in [3.63, 3.8) is 0 Å². The van der Waals surface area contributed by atoms with E-state index in [0.717, 1.165) is 11.1 Å². The second-order valence-electron chi connectivity index (χ2n) is 4.35. The SMILES string of the molecule is CC(C(=O)NN)c1ccc(Cn2cnc(C#N)n2)cc1. The Morgan fingerprint density at radius 1 is 1.50 bits per heavy atom. The van der Waals surface area contributed by atoms with Crippen LogP contribution in [-0.4, -0.2) is 20.7 Å². The van der Waals surface area contributed by atoms with Crippen LogP contribution in [0.2, 0.25) is 0 Å². The van der Waals surface area contributed by atoms with E-state index in [9.17, 15) is 4.79 Å². The number of hydrazine groups is 1. The highest BCUT2D eigenvalue weighted by Gasteiger charge is 2.13. The maximum Gasteiger partial charge on any atom is 0.252 e. The van der Waals surface area contributed by atoms with E-state index in [0.29, 0.717) is 6.54 Å². The molecule has 1 aromatic carbocycles. The first-order valence-electron chi connectivity index (χ1n) is 6.03. The Morgan fingerprint density at radius 2 is 2.20 bits per heavy atom. The Labute approximate surface area is 116 Å². The molecule has 2 aromatic rings. The molecule has 3 N–H and O–H groups in total. The zero-order chi connectivity index (χ0) is 14.5. The zero-order valence-electron chi connectivity index (χ0n) is 10.9. The normalized spacial score (nSPS) is 11.7. The Balaban J connectivity index is 2.08. The van der Waals surface area contributed by atoms with Crippen LogP contribution in [0.3, 0.4) is 0 Å². The molecule has 102 valence electrons. The standard InChI is InChI=1S/C13H14N6O/c1-9(13(20)17-15)11-4-2-10(3-5-11)7-19-8-16-12(6-14)18-19/h2-5,8-9H,7,15H2,1H3,(H,17,20). The van der Waals surface area contributed by atoms with Gasteiger partial charge in [-0.25, -0.2) is 15.5 Å². The molecule has 0 fully saturated rings. The molecule has 1 amide bonds. The lowest BCUT2D eigenvalue weighted by Gasteiger charge is -2.10. The average molecular weight is 270 g/mol. The molecule has 0 aliphatic heterocycles.